The summed E-state index contributed by atoms with van der Waals surface area (Å²) in [6.45, 7) is 0. The van der Waals surface area contributed by atoms with Crippen LogP contribution >= 0.6 is 23.2 Å². The average Bonchev–Trinajstić information content (AvgIpc) is 2.93. The van der Waals surface area contributed by atoms with Gasteiger partial charge in [-0.2, -0.15) is 5.10 Å². The minimum Gasteiger partial charge on any atom is -0.243 e. The molecule has 4 nitrogen and oxygen atoms in total. The Morgan fingerprint density at radius 1 is 1.16 bits per heavy atom. The summed E-state index contributed by atoms with van der Waals surface area (Å²) in [4.78, 5) is 8.33. The Bertz CT molecular complexity index is 710. The van der Waals surface area contributed by atoms with Gasteiger partial charge in [0.1, 0.15) is 17.7 Å². The van der Waals surface area contributed by atoms with E-state index in [9.17, 15) is 0 Å². The fourth-order valence-corrected chi connectivity index (χ4v) is 2.29. The molecule has 1 aromatic carbocycles. The van der Waals surface area contributed by atoms with Crippen LogP contribution in [-0.4, -0.2) is 19.7 Å². The van der Waals surface area contributed by atoms with Crippen LogP contribution in [0.1, 0.15) is 0 Å². The summed E-state index contributed by atoms with van der Waals surface area (Å²) in [5.41, 5.74) is 2.26. The van der Waals surface area contributed by atoms with Gasteiger partial charge in [0, 0.05) is 23.0 Å². The maximum absolute atomic E-state index is 6.22. The van der Waals surface area contributed by atoms with Crippen molar-refractivity contribution in [3.05, 3.63) is 59.2 Å². The van der Waals surface area contributed by atoms with Gasteiger partial charge >= 0.3 is 0 Å². The molecule has 0 N–H and O–H groups in total. The number of benzene rings is 1. The topological polar surface area (TPSA) is 43.6 Å². The van der Waals surface area contributed by atoms with Gasteiger partial charge in [0.05, 0.1) is 11.2 Å². The van der Waals surface area contributed by atoms with Crippen molar-refractivity contribution in [3.8, 4) is 16.9 Å². The molecule has 0 unspecified atom stereocenters. The quantitative estimate of drug-likeness (QED) is 0.724. The summed E-state index contributed by atoms with van der Waals surface area (Å²) in [6, 6.07) is 7.13. The zero-order valence-electron chi connectivity index (χ0n) is 9.66. The summed E-state index contributed by atoms with van der Waals surface area (Å²) >= 11 is 12.1. The lowest BCUT2D eigenvalue weighted by Crippen LogP contribution is -2.00. The normalized spacial score (nSPS) is 10.6. The molecule has 3 rings (SSSR count). The van der Waals surface area contributed by atoms with E-state index in [1.807, 2.05) is 18.3 Å². The molecule has 94 valence electrons. The second kappa shape index (κ2) is 4.99. The molecular formula is C13H8Cl2N4. The van der Waals surface area contributed by atoms with Crippen molar-refractivity contribution in [2.24, 2.45) is 0 Å². The number of hydrogen-bond donors (Lipinski definition) is 0. The summed E-state index contributed by atoms with van der Waals surface area (Å²) < 4.78 is 1.69. The molecule has 0 saturated carbocycles. The van der Waals surface area contributed by atoms with Gasteiger partial charge in [-0.1, -0.05) is 23.2 Å². The molecular weight excluding hydrogens is 283 g/mol. The molecule has 0 aliphatic heterocycles. The predicted molar refractivity (Wildman–Crippen MR) is 74.6 cm³/mol. The third kappa shape index (κ3) is 2.32. The van der Waals surface area contributed by atoms with Crippen LogP contribution in [0, 0.1) is 0 Å². The van der Waals surface area contributed by atoms with Crippen molar-refractivity contribution in [2.75, 3.05) is 0 Å². The van der Waals surface area contributed by atoms with Crippen molar-refractivity contribution in [3.63, 3.8) is 0 Å². The van der Waals surface area contributed by atoms with E-state index in [0.29, 0.717) is 15.7 Å². The predicted octanol–water partition coefficient (Wildman–Crippen LogP) is 3.64. The molecule has 6 heteroatoms. The maximum Gasteiger partial charge on any atom is 0.116 e. The summed E-state index contributed by atoms with van der Waals surface area (Å²) in [7, 11) is 0. The van der Waals surface area contributed by atoms with E-state index in [1.165, 1.54) is 6.33 Å². The van der Waals surface area contributed by atoms with Crippen molar-refractivity contribution in [1.29, 1.82) is 0 Å². The molecule has 0 amide bonds. The third-order valence-electron chi connectivity index (χ3n) is 2.63. The van der Waals surface area contributed by atoms with Crippen molar-refractivity contribution in [2.45, 2.75) is 0 Å². The van der Waals surface area contributed by atoms with Gasteiger partial charge < -0.3 is 0 Å². The van der Waals surface area contributed by atoms with E-state index in [2.05, 4.69) is 15.1 Å². The van der Waals surface area contributed by atoms with Crippen LogP contribution in [0.2, 0.25) is 10.0 Å². The molecule has 0 saturated heterocycles. The van der Waals surface area contributed by atoms with Crippen LogP contribution in [0.25, 0.3) is 16.9 Å². The Morgan fingerprint density at radius 2 is 2.05 bits per heavy atom. The van der Waals surface area contributed by atoms with E-state index < -0.39 is 0 Å². The third-order valence-corrected chi connectivity index (χ3v) is 3.18. The Morgan fingerprint density at radius 3 is 2.79 bits per heavy atom. The maximum atomic E-state index is 6.22. The highest BCUT2D eigenvalue weighted by molar-refractivity contribution is 6.36. The number of hydrogen-bond acceptors (Lipinski definition) is 3. The SMILES string of the molecule is Clc1ccc(-c2ncncc2-n2cccn2)c(Cl)c1. The van der Waals surface area contributed by atoms with Crippen LogP contribution in [0.3, 0.4) is 0 Å². The zero-order valence-corrected chi connectivity index (χ0v) is 11.2. The van der Waals surface area contributed by atoms with Crippen LogP contribution in [0.5, 0.6) is 0 Å². The van der Waals surface area contributed by atoms with Crippen molar-refractivity contribution >= 4 is 23.2 Å². The van der Waals surface area contributed by atoms with Crippen molar-refractivity contribution < 1.29 is 0 Å². The molecule has 0 aliphatic rings. The lowest BCUT2D eigenvalue weighted by Gasteiger charge is -2.09. The number of rotatable bonds is 2. The molecule has 3 aromatic rings. The first-order chi connectivity index (χ1) is 9.25. The number of halogens is 2. The van der Waals surface area contributed by atoms with E-state index in [-0.39, 0.29) is 0 Å². The first kappa shape index (κ1) is 12.1. The van der Waals surface area contributed by atoms with Gasteiger partial charge in [0.25, 0.3) is 0 Å². The van der Waals surface area contributed by atoms with Gasteiger partial charge in [-0.15, -0.1) is 0 Å². The number of nitrogens with zero attached hydrogens (tertiary/aromatic N) is 4. The van der Waals surface area contributed by atoms with Crippen LogP contribution in [0.4, 0.5) is 0 Å². The Labute approximate surface area is 119 Å². The lowest BCUT2D eigenvalue weighted by atomic mass is 10.1. The summed E-state index contributed by atoms with van der Waals surface area (Å²) in [5, 5.41) is 5.32. The van der Waals surface area contributed by atoms with Crippen LogP contribution in [0.15, 0.2) is 49.2 Å². The minimum absolute atomic E-state index is 0.541. The molecule has 0 radical (unpaired) electrons. The molecule has 19 heavy (non-hydrogen) atoms. The summed E-state index contributed by atoms with van der Waals surface area (Å²) in [5.74, 6) is 0. The van der Waals surface area contributed by atoms with E-state index in [0.717, 1.165) is 11.3 Å². The lowest BCUT2D eigenvalue weighted by molar-refractivity contribution is 0.866. The van der Waals surface area contributed by atoms with E-state index in [4.69, 9.17) is 23.2 Å². The molecule has 2 aromatic heterocycles. The molecule has 2 heterocycles. The fourth-order valence-electron chi connectivity index (χ4n) is 1.79. The van der Waals surface area contributed by atoms with Crippen molar-refractivity contribution in [1.82, 2.24) is 19.7 Å². The Kier molecular flexibility index (Phi) is 3.19. The zero-order chi connectivity index (χ0) is 13.2. The van der Waals surface area contributed by atoms with Crippen LogP contribution < -0.4 is 0 Å². The molecule has 0 bridgehead atoms. The molecule has 0 atom stereocenters. The largest absolute Gasteiger partial charge is 0.243 e. The standard InChI is InChI=1S/C13H8Cl2N4/c14-9-2-3-10(11(15)6-9)13-12(7-16-8-17-13)19-5-1-4-18-19/h1-8H. The van der Waals surface area contributed by atoms with Gasteiger partial charge in [-0.25, -0.2) is 14.6 Å². The highest BCUT2D eigenvalue weighted by Crippen LogP contribution is 2.31. The van der Waals surface area contributed by atoms with E-state index >= 15 is 0 Å². The number of aromatic nitrogens is 4. The smallest absolute Gasteiger partial charge is 0.116 e. The molecule has 0 aliphatic carbocycles. The van der Waals surface area contributed by atoms with Gasteiger partial charge in [-0.3, -0.25) is 0 Å². The highest BCUT2D eigenvalue weighted by Gasteiger charge is 2.12. The van der Waals surface area contributed by atoms with Gasteiger partial charge in [-0.05, 0) is 24.3 Å². The Balaban J connectivity index is 2.21. The average molecular weight is 291 g/mol. The van der Waals surface area contributed by atoms with Gasteiger partial charge in [0.15, 0.2) is 0 Å². The van der Waals surface area contributed by atoms with Crippen LogP contribution in [-0.2, 0) is 0 Å². The van der Waals surface area contributed by atoms with Gasteiger partial charge in [0.2, 0.25) is 0 Å². The fraction of sp³-hybridized carbons (Fsp3) is 0. The molecule has 0 spiro atoms. The highest BCUT2D eigenvalue weighted by atomic mass is 35.5. The first-order valence-electron chi connectivity index (χ1n) is 5.51. The second-order valence-electron chi connectivity index (χ2n) is 3.83. The molecule has 0 fully saturated rings. The van der Waals surface area contributed by atoms with E-state index in [1.54, 1.807) is 29.2 Å². The monoisotopic (exact) mass is 290 g/mol. The Hall–Kier alpha value is -1.91. The first-order valence-corrected chi connectivity index (χ1v) is 6.27. The minimum atomic E-state index is 0.541. The summed E-state index contributed by atoms with van der Waals surface area (Å²) in [6.07, 6.45) is 6.69. The second-order valence-corrected chi connectivity index (χ2v) is 4.68.